The van der Waals surface area contributed by atoms with Crippen molar-refractivity contribution >= 4 is 17.3 Å². The average Bonchev–Trinajstić information content (AvgIpc) is 2.37. The summed E-state index contributed by atoms with van der Waals surface area (Å²) in [7, 11) is 1.57. The lowest BCUT2D eigenvalue weighted by Gasteiger charge is -2.17. The quantitative estimate of drug-likeness (QED) is 0.910. The summed E-state index contributed by atoms with van der Waals surface area (Å²) in [6.07, 6.45) is 0. The van der Waals surface area contributed by atoms with E-state index in [1.54, 1.807) is 26.2 Å². The van der Waals surface area contributed by atoms with Crippen LogP contribution in [0.25, 0.3) is 0 Å². The Balaban J connectivity index is 2.28. The zero-order chi connectivity index (χ0) is 15.6. The van der Waals surface area contributed by atoms with Crippen LogP contribution in [0.5, 0.6) is 5.75 Å². The molecule has 0 aliphatic rings. The summed E-state index contributed by atoms with van der Waals surface area (Å²) in [6.45, 7) is 5.50. The standard InChI is InChI=1S/C15H18ClN3O2/c1-8-14(15(20)19-10(3)17-8)9(2)18-11-5-6-13(21-4)12(16)7-11/h5-7,9,18H,1-4H3,(H,17,19,20). The molecule has 0 bridgehead atoms. The number of benzene rings is 1. The Morgan fingerprint density at radius 2 is 2.10 bits per heavy atom. The minimum absolute atomic E-state index is 0.125. The van der Waals surface area contributed by atoms with Gasteiger partial charge in [0.15, 0.2) is 0 Å². The molecule has 6 heteroatoms. The predicted octanol–water partition coefficient (Wildman–Crippen LogP) is 3.22. The van der Waals surface area contributed by atoms with Crippen molar-refractivity contribution < 1.29 is 4.74 Å². The van der Waals surface area contributed by atoms with Crippen molar-refractivity contribution in [1.82, 2.24) is 9.97 Å². The van der Waals surface area contributed by atoms with Crippen LogP contribution in [-0.4, -0.2) is 17.1 Å². The largest absolute Gasteiger partial charge is 0.495 e. The minimum atomic E-state index is -0.189. The zero-order valence-corrected chi connectivity index (χ0v) is 13.2. The third-order valence-corrected chi connectivity index (χ3v) is 3.53. The first-order chi connectivity index (χ1) is 9.92. The average molecular weight is 308 g/mol. The van der Waals surface area contributed by atoms with Crippen molar-refractivity contribution in [3.63, 3.8) is 0 Å². The Hall–Kier alpha value is -2.01. The van der Waals surface area contributed by atoms with Crippen molar-refractivity contribution in [2.24, 2.45) is 0 Å². The van der Waals surface area contributed by atoms with Gasteiger partial charge in [-0.05, 0) is 39.0 Å². The molecule has 0 radical (unpaired) electrons. The van der Waals surface area contributed by atoms with Gasteiger partial charge in [0.05, 0.1) is 29.4 Å². The van der Waals surface area contributed by atoms with E-state index in [4.69, 9.17) is 16.3 Å². The van der Waals surface area contributed by atoms with E-state index in [1.807, 2.05) is 19.9 Å². The summed E-state index contributed by atoms with van der Waals surface area (Å²) in [5, 5.41) is 3.77. The van der Waals surface area contributed by atoms with Crippen LogP contribution in [-0.2, 0) is 0 Å². The Kier molecular flexibility index (Phi) is 4.53. The van der Waals surface area contributed by atoms with Gasteiger partial charge in [-0.3, -0.25) is 4.79 Å². The molecule has 0 amide bonds. The summed E-state index contributed by atoms with van der Waals surface area (Å²) in [5.74, 6) is 1.22. The van der Waals surface area contributed by atoms with Crippen molar-refractivity contribution in [1.29, 1.82) is 0 Å². The molecule has 0 aliphatic carbocycles. The van der Waals surface area contributed by atoms with E-state index in [1.165, 1.54) is 0 Å². The Morgan fingerprint density at radius 1 is 1.38 bits per heavy atom. The van der Waals surface area contributed by atoms with Crippen molar-refractivity contribution in [3.05, 3.63) is 50.7 Å². The fourth-order valence-corrected chi connectivity index (χ4v) is 2.58. The molecule has 1 aromatic heterocycles. The number of nitrogens with zero attached hydrogens (tertiary/aromatic N) is 1. The Labute approximate surface area is 128 Å². The highest BCUT2D eigenvalue weighted by Crippen LogP contribution is 2.29. The van der Waals surface area contributed by atoms with Crippen LogP contribution in [0.4, 0.5) is 5.69 Å². The van der Waals surface area contributed by atoms with E-state index in [0.29, 0.717) is 22.2 Å². The highest BCUT2D eigenvalue weighted by atomic mass is 35.5. The molecule has 5 nitrogen and oxygen atoms in total. The molecule has 0 saturated heterocycles. The third kappa shape index (κ3) is 3.36. The van der Waals surface area contributed by atoms with E-state index >= 15 is 0 Å². The number of anilines is 1. The number of aryl methyl sites for hydroxylation is 2. The highest BCUT2D eigenvalue weighted by molar-refractivity contribution is 6.32. The van der Waals surface area contributed by atoms with Crippen molar-refractivity contribution in [2.75, 3.05) is 12.4 Å². The maximum absolute atomic E-state index is 12.1. The highest BCUT2D eigenvalue weighted by Gasteiger charge is 2.15. The van der Waals surface area contributed by atoms with Crippen LogP contribution in [0.1, 0.15) is 30.0 Å². The summed E-state index contributed by atoms with van der Waals surface area (Å²) in [6, 6.07) is 5.21. The van der Waals surface area contributed by atoms with Crippen LogP contribution >= 0.6 is 11.6 Å². The smallest absolute Gasteiger partial charge is 0.256 e. The van der Waals surface area contributed by atoms with Crippen LogP contribution in [0.3, 0.4) is 0 Å². The lowest BCUT2D eigenvalue weighted by molar-refractivity contribution is 0.415. The molecular formula is C15H18ClN3O2. The molecule has 1 heterocycles. The van der Waals surface area contributed by atoms with E-state index < -0.39 is 0 Å². The second-order valence-electron chi connectivity index (χ2n) is 4.87. The topological polar surface area (TPSA) is 67.0 Å². The van der Waals surface area contributed by atoms with Crippen LogP contribution in [0.2, 0.25) is 5.02 Å². The number of hydrogen-bond donors (Lipinski definition) is 2. The molecule has 0 fully saturated rings. The van der Waals surface area contributed by atoms with Gasteiger partial charge >= 0.3 is 0 Å². The number of H-pyrrole nitrogens is 1. The summed E-state index contributed by atoms with van der Waals surface area (Å²) in [5.41, 5.74) is 2.02. The molecular weight excluding hydrogens is 290 g/mol. The maximum atomic E-state index is 12.1. The van der Waals surface area contributed by atoms with E-state index in [-0.39, 0.29) is 11.6 Å². The van der Waals surface area contributed by atoms with Gasteiger partial charge in [0.1, 0.15) is 11.6 Å². The number of aromatic amines is 1. The molecule has 0 spiro atoms. The lowest BCUT2D eigenvalue weighted by atomic mass is 10.1. The van der Waals surface area contributed by atoms with Crippen LogP contribution in [0.15, 0.2) is 23.0 Å². The van der Waals surface area contributed by atoms with Gasteiger partial charge in [-0.2, -0.15) is 0 Å². The molecule has 21 heavy (non-hydrogen) atoms. The predicted molar refractivity (Wildman–Crippen MR) is 84.4 cm³/mol. The molecule has 112 valence electrons. The number of hydrogen-bond acceptors (Lipinski definition) is 4. The molecule has 2 rings (SSSR count). The zero-order valence-electron chi connectivity index (χ0n) is 12.5. The normalized spacial score (nSPS) is 12.0. The Bertz CT molecular complexity index is 713. The molecule has 2 aromatic rings. The summed E-state index contributed by atoms with van der Waals surface area (Å²) in [4.78, 5) is 19.1. The second-order valence-corrected chi connectivity index (χ2v) is 5.27. The van der Waals surface area contributed by atoms with E-state index in [9.17, 15) is 4.79 Å². The molecule has 0 saturated carbocycles. The van der Waals surface area contributed by atoms with Gasteiger partial charge in [-0.1, -0.05) is 11.6 Å². The number of halogens is 1. The third-order valence-electron chi connectivity index (χ3n) is 3.23. The maximum Gasteiger partial charge on any atom is 0.256 e. The first kappa shape index (κ1) is 15.4. The van der Waals surface area contributed by atoms with E-state index in [2.05, 4.69) is 15.3 Å². The number of aromatic nitrogens is 2. The summed E-state index contributed by atoms with van der Waals surface area (Å²) >= 11 is 6.10. The monoisotopic (exact) mass is 307 g/mol. The minimum Gasteiger partial charge on any atom is -0.495 e. The Morgan fingerprint density at radius 3 is 2.67 bits per heavy atom. The van der Waals surface area contributed by atoms with Crippen molar-refractivity contribution in [3.8, 4) is 5.75 Å². The van der Waals surface area contributed by atoms with Gasteiger partial charge in [-0.15, -0.1) is 0 Å². The molecule has 1 aromatic carbocycles. The molecule has 0 aliphatic heterocycles. The molecule has 1 atom stereocenters. The molecule has 1 unspecified atom stereocenters. The van der Waals surface area contributed by atoms with E-state index in [0.717, 1.165) is 11.4 Å². The van der Waals surface area contributed by atoms with Gasteiger partial charge in [0.25, 0.3) is 5.56 Å². The second kappa shape index (κ2) is 6.18. The van der Waals surface area contributed by atoms with Gasteiger partial charge in [0, 0.05) is 5.69 Å². The van der Waals surface area contributed by atoms with Crippen LogP contribution < -0.4 is 15.6 Å². The SMILES string of the molecule is COc1ccc(NC(C)c2c(C)nc(C)[nH]c2=O)cc1Cl. The first-order valence-corrected chi connectivity index (χ1v) is 6.97. The lowest BCUT2D eigenvalue weighted by Crippen LogP contribution is -2.23. The molecule has 2 N–H and O–H groups in total. The number of methoxy groups -OCH3 is 1. The van der Waals surface area contributed by atoms with Crippen molar-refractivity contribution in [2.45, 2.75) is 26.8 Å². The number of rotatable bonds is 4. The van der Waals surface area contributed by atoms with Gasteiger partial charge < -0.3 is 15.0 Å². The van der Waals surface area contributed by atoms with Crippen LogP contribution in [0, 0.1) is 13.8 Å². The fourth-order valence-electron chi connectivity index (χ4n) is 2.32. The first-order valence-electron chi connectivity index (χ1n) is 6.60. The fraction of sp³-hybridized carbons (Fsp3) is 0.333. The number of ether oxygens (including phenoxy) is 1. The van der Waals surface area contributed by atoms with Gasteiger partial charge in [0.2, 0.25) is 0 Å². The summed E-state index contributed by atoms with van der Waals surface area (Å²) < 4.78 is 5.12. The number of nitrogens with one attached hydrogen (secondary N) is 2. The van der Waals surface area contributed by atoms with Gasteiger partial charge in [-0.25, -0.2) is 4.98 Å².